The number of anilines is 1. The van der Waals surface area contributed by atoms with Crippen molar-refractivity contribution in [1.29, 1.82) is 0 Å². The second-order valence-electron chi connectivity index (χ2n) is 5.49. The van der Waals surface area contributed by atoms with Gasteiger partial charge in [0, 0.05) is 36.2 Å². The average molecular weight is 356 g/mol. The summed E-state index contributed by atoms with van der Waals surface area (Å²) >= 11 is 1.35. The molecule has 0 aliphatic heterocycles. The number of aryl methyl sites for hydroxylation is 1. The number of hydrogen-bond donors (Lipinski definition) is 2. The number of amides is 2. The van der Waals surface area contributed by atoms with Crippen molar-refractivity contribution in [1.82, 2.24) is 5.32 Å². The lowest BCUT2D eigenvalue weighted by molar-refractivity contribution is -0.116. The monoisotopic (exact) mass is 356 g/mol. The molecule has 0 atom stereocenters. The molecule has 2 heterocycles. The van der Waals surface area contributed by atoms with Gasteiger partial charge in [-0.1, -0.05) is 6.07 Å². The lowest BCUT2D eigenvalue weighted by atomic mass is 10.1. The van der Waals surface area contributed by atoms with Crippen LogP contribution in [0, 0.1) is 6.92 Å². The molecule has 0 unspecified atom stereocenters. The molecule has 128 valence electrons. The largest absolute Gasteiger partial charge is 0.423 e. The van der Waals surface area contributed by atoms with Crippen LogP contribution in [0.5, 0.6) is 0 Å². The van der Waals surface area contributed by atoms with Crippen molar-refractivity contribution in [3.63, 3.8) is 0 Å². The van der Waals surface area contributed by atoms with E-state index in [2.05, 4.69) is 10.6 Å². The van der Waals surface area contributed by atoms with E-state index in [0.717, 1.165) is 10.9 Å². The van der Waals surface area contributed by atoms with E-state index in [1.54, 1.807) is 30.3 Å². The lowest BCUT2D eigenvalue weighted by Gasteiger charge is -2.07. The predicted octanol–water partition coefficient (Wildman–Crippen LogP) is 2.92. The summed E-state index contributed by atoms with van der Waals surface area (Å²) in [5.41, 5.74) is 1.36. The molecule has 2 aromatic heterocycles. The quantitative estimate of drug-likeness (QED) is 0.688. The molecule has 0 saturated carbocycles. The normalized spacial score (nSPS) is 10.6. The molecule has 3 aromatic rings. The molecule has 0 aliphatic carbocycles. The first-order chi connectivity index (χ1) is 12.0. The van der Waals surface area contributed by atoms with Crippen molar-refractivity contribution in [2.24, 2.45) is 0 Å². The van der Waals surface area contributed by atoms with E-state index in [4.69, 9.17) is 4.42 Å². The Morgan fingerprint density at radius 3 is 2.80 bits per heavy atom. The minimum absolute atomic E-state index is 0.146. The Bertz CT molecular complexity index is 976. The summed E-state index contributed by atoms with van der Waals surface area (Å²) in [6.07, 6.45) is 0.146. The number of rotatable bonds is 5. The highest BCUT2D eigenvalue weighted by atomic mass is 32.1. The van der Waals surface area contributed by atoms with E-state index in [0.29, 0.717) is 16.1 Å². The standard InChI is InChI=1S/C18H16N2O4S/c1-11-9-17(22)24-14-10-12(4-5-13(11)14)20-16(21)6-7-19-18(23)15-3-2-8-25-15/h2-5,8-10H,6-7H2,1H3,(H,19,23)(H,20,21). The zero-order chi connectivity index (χ0) is 17.8. The summed E-state index contributed by atoms with van der Waals surface area (Å²) < 4.78 is 5.16. The van der Waals surface area contributed by atoms with Crippen LogP contribution in [0.25, 0.3) is 11.0 Å². The minimum atomic E-state index is -0.426. The number of benzene rings is 1. The fourth-order valence-corrected chi connectivity index (χ4v) is 3.05. The maximum absolute atomic E-state index is 12.0. The Kier molecular flexibility index (Phi) is 4.95. The highest BCUT2D eigenvalue weighted by Gasteiger charge is 2.09. The lowest BCUT2D eigenvalue weighted by Crippen LogP contribution is -2.27. The van der Waals surface area contributed by atoms with Gasteiger partial charge in [0.05, 0.1) is 4.88 Å². The van der Waals surface area contributed by atoms with Crippen molar-refractivity contribution in [2.75, 3.05) is 11.9 Å². The summed E-state index contributed by atoms with van der Waals surface area (Å²) in [5, 5.41) is 8.07. The first-order valence-corrected chi connectivity index (χ1v) is 8.57. The van der Waals surface area contributed by atoms with Crippen LogP contribution in [0.2, 0.25) is 0 Å². The number of nitrogens with one attached hydrogen (secondary N) is 2. The van der Waals surface area contributed by atoms with Crippen LogP contribution in [0.1, 0.15) is 21.7 Å². The number of carbonyl (C=O) groups is 2. The molecule has 0 radical (unpaired) electrons. The summed E-state index contributed by atoms with van der Waals surface area (Å²) in [4.78, 5) is 35.8. The van der Waals surface area contributed by atoms with Crippen molar-refractivity contribution in [2.45, 2.75) is 13.3 Å². The Morgan fingerprint density at radius 2 is 2.04 bits per heavy atom. The van der Waals surface area contributed by atoms with E-state index < -0.39 is 5.63 Å². The Hall–Kier alpha value is -2.93. The van der Waals surface area contributed by atoms with Gasteiger partial charge in [-0.2, -0.15) is 0 Å². The van der Waals surface area contributed by atoms with Gasteiger partial charge in [0.1, 0.15) is 5.58 Å². The fourth-order valence-electron chi connectivity index (χ4n) is 2.41. The second kappa shape index (κ2) is 7.31. The molecule has 0 saturated heterocycles. The molecule has 25 heavy (non-hydrogen) atoms. The number of carbonyl (C=O) groups excluding carboxylic acids is 2. The highest BCUT2D eigenvalue weighted by Crippen LogP contribution is 2.20. The van der Waals surface area contributed by atoms with Crippen LogP contribution < -0.4 is 16.3 Å². The average Bonchev–Trinajstić information content (AvgIpc) is 3.08. The Balaban J connectivity index is 1.58. The maximum atomic E-state index is 12.0. The SMILES string of the molecule is Cc1cc(=O)oc2cc(NC(=O)CCNC(=O)c3cccs3)ccc12. The number of fused-ring (bicyclic) bond motifs is 1. The summed E-state index contributed by atoms with van der Waals surface area (Å²) in [7, 11) is 0. The van der Waals surface area contributed by atoms with E-state index in [-0.39, 0.29) is 24.8 Å². The van der Waals surface area contributed by atoms with Crippen LogP contribution in [0.15, 0.2) is 51.0 Å². The zero-order valence-electron chi connectivity index (χ0n) is 13.5. The molecule has 2 amide bonds. The van der Waals surface area contributed by atoms with Gasteiger partial charge < -0.3 is 15.1 Å². The van der Waals surface area contributed by atoms with Gasteiger partial charge in [0.25, 0.3) is 5.91 Å². The first-order valence-electron chi connectivity index (χ1n) is 7.69. The summed E-state index contributed by atoms with van der Waals surface area (Å²) in [6, 6.07) is 10.1. The van der Waals surface area contributed by atoms with Gasteiger partial charge in [-0.25, -0.2) is 4.79 Å². The summed E-state index contributed by atoms with van der Waals surface area (Å²) in [6.45, 7) is 2.07. The van der Waals surface area contributed by atoms with Crippen LogP contribution >= 0.6 is 11.3 Å². The molecule has 7 heteroatoms. The van der Waals surface area contributed by atoms with Crippen LogP contribution in [0.4, 0.5) is 5.69 Å². The van der Waals surface area contributed by atoms with E-state index in [1.165, 1.54) is 17.4 Å². The Morgan fingerprint density at radius 1 is 1.20 bits per heavy atom. The van der Waals surface area contributed by atoms with Crippen LogP contribution in [0.3, 0.4) is 0 Å². The molecular formula is C18H16N2O4S. The molecule has 3 rings (SSSR count). The van der Waals surface area contributed by atoms with E-state index in [1.807, 2.05) is 12.3 Å². The van der Waals surface area contributed by atoms with Gasteiger partial charge in [0.15, 0.2) is 0 Å². The third-order valence-electron chi connectivity index (χ3n) is 3.62. The number of hydrogen-bond acceptors (Lipinski definition) is 5. The van der Waals surface area contributed by atoms with E-state index >= 15 is 0 Å². The van der Waals surface area contributed by atoms with Gasteiger partial charge in [0.2, 0.25) is 5.91 Å². The highest BCUT2D eigenvalue weighted by molar-refractivity contribution is 7.12. The van der Waals surface area contributed by atoms with Gasteiger partial charge in [-0.15, -0.1) is 11.3 Å². The second-order valence-corrected chi connectivity index (χ2v) is 6.44. The topological polar surface area (TPSA) is 88.4 Å². The zero-order valence-corrected chi connectivity index (χ0v) is 14.3. The molecule has 0 bridgehead atoms. The van der Waals surface area contributed by atoms with Gasteiger partial charge >= 0.3 is 5.63 Å². The third kappa shape index (κ3) is 4.13. The molecular weight excluding hydrogens is 340 g/mol. The van der Waals surface area contributed by atoms with Crippen LogP contribution in [-0.4, -0.2) is 18.4 Å². The molecule has 0 aliphatic rings. The predicted molar refractivity (Wildman–Crippen MR) is 97.1 cm³/mol. The van der Waals surface area contributed by atoms with Crippen molar-refractivity contribution in [3.8, 4) is 0 Å². The smallest absolute Gasteiger partial charge is 0.336 e. The van der Waals surface area contributed by atoms with Gasteiger partial charge in [-0.3, -0.25) is 9.59 Å². The maximum Gasteiger partial charge on any atom is 0.336 e. The van der Waals surface area contributed by atoms with E-state index in [9.17, 15) is 14.4 Å². The summed E-state index contributed by atoms with van der Waals surface area (Å²) in [5.74, 6) is -0.424. The first kappa shape index (κ1) is 16.9. The molecule has 0 spiro atoms. The van der Waals surface area contributed by atoms with Crippen molar-refractivity contribution in [3.05, 3.63) is 62.6 Å². The Labute approximate surface area is 147 Å². The molecule has 0 fully saturated rings. The number of thiophene rings is 1. The van der Waals surface area contributed by atoms with Gasteiger partial charge in [-0.05, 0) is 36.1 Å². The fraction of sp³-hybridized carbons (Fsp3) is 0.167. The third-order valence-corrected chi connectivity index (χ3v) is 4.49. The van der Waals surface area contributed by atoms with Crippen molar-refractivity contribution < 1.29 is 14.0 Å². The molecule has 2 N–H and O–H groups in total. The molecule has 6 nitrogen and oxygen atoms in total. The minimum Gasteiger partial charge on any atom is -0.423 e. The van der Waals surface area contributed by atoms with Crippen molar-refractivity contribution >= 4 is 39.8 Å². The molecule has 1 aromatic carbocycles. The van der Waals surface area contributed by atoms with Crippen LogP contribution in [-0.2, 0) is 4.79 Å².